The number of aryl methyl sites for hydroxylation is 1. The highest BCUT2D eigenvalue weighted by Crippen LogP contribution is 2.19. The molecule has 1 saturated heterocycles. The summed E-state index contributed by atoms with van der Waals surface area (Å²) in [4.78, 5) is 24.3. The topological polar surface area (TPSA) is 96.0 Å². The van der Waals surface area contributed by atoms with E-state index in [-0.39, 0.29) is 11.6 Å². The number of hydrogen-bond acceptors (Lipinski definition) is 5. The van der Waals surface area contributed by atoms with Crippen LogP contribution in [0.4, 0.5) is 5.69 Å². The molecule has 0 radical (unpaired) electrons. The van der Waals surface area contributed by atoms with Gasteiger partial charge in [-0.3, -0.25) is 14.9 Å². The number of nitrogens with zero attached hydrogens (tertiary/aromatic N) is 3. The number of rotatable bonds is 2. The molecule has 7 nitrogen and oxygen atoms in total. The highest BCUT2D eigenvalue weighted by molar-refractivity contribution is 5.96. The second-order valence-electron chi connectivity index (χ2n) is 4.77. The van der Waals surface area contributed by atoms with Gasteiger partial charge in [-0.15, -0.1) is 0 Å². The number of amides is 1. The van der Waals surface area contributed by atoms with Gasteiger partial charge in [0.05, 0.1) is 10.6 Å². The minimum Gasteiger partial charge on any atom is -0.411 e. The summed E-state index contributed by atoms with van der Waals surface area (Å²) in [5.41, 5.74) is 1.59. The van der Waals surface area contributed by atoms with Crippen molar-refractivity contribution in [3.63, 3.8) is 0 Å². The monoisotopic (exact) mass is 277 g/mol. The van der Waals surface area contributed by atoms with E-state index in [1.807, 2.05) is 0 Å². The molecule has 7 heteroatoms. The van der Waals surface area contributed by atoms with Gasteiger partial charge in [0.15, 0.2) is 0 Å². The van der Waals surface area contributed by atoms with E-state index >= 15 is 0 Å². The van der Waals surface area contributed by atoms with Crippen LogP contribution in [0.15, 0.2) is 23.4 Å². The number of non-ortho nitro benzene ring substituents is 1. The van der Waals surface area contributed by atoms with Crippen LogP contribution in [0.3, 0.4) is 0 Å². The highest BCUT2D eigenvalue weighted by Gasteiger charge is 2.23. The molecule has 1 N–H and O–H groups in total. The summed E-state index contributed by atoms with van der Waals surface area (Å²) in [7, 11) is 0. The SMILES string of the molecule is Cc1cc(C(=O)N2CCC(=NO)CC2)cc([N+](=O)[O-])c1. The number of likely N-dealkylation sites (tertiary alicyclic amines) is 1. The van der Waals surface area contributed by atoms with Crippen LogP contribution in [0.25, 0.3) is 0 Å². The van der Waals surface area contributed by atoms with Gasteiger partial charge in [-0.2, -0.15) is 0 Å². The van der Waals surface area contributed by atoms with Gasteiger partial charge in [-0.25, -0.2) is 0 Å². The third-order valence-electron chi connectivity index (χ3n) is 3.29. The minimum atomic E-state index is -0.503. The molecule has 1 amide bonds. The van der Waals surface area contributed by atoms with Gasteiger partial charge in [0.1, 0.15) is 0 Å². The Bertz CT molecular complexity index is 573. The molecule has 0 bridgehead atoms. The average Bonchev–Trinajstić information content (AvgIpc) is 2.46. The molecule has 1 fully saturated rings. The van der Waals surface area contributed by atoms with Crippen LogP contribution in [0, 0.1) is 17.0 Å². The molecule has 1 aromatic carbocycles. The zero-order valence-electron chi connectivity index (χ0n) is 11.1. The fourth-order valence-corrected chi connectivity index (χ4v) is 2.24. The Morgan fingerprint density at radius 2 is 2.00 bits per heavy atom. The first kappa shape index (κ1) is 14.0. The van der Waals surface area contributed by atoms with E-state index in [4.69, 9.17) is 5.21 Å². The first-order valence-electron chi connectivity index (χ1n) is 6.26. The molecule has 106 valence electrons. The second kappa shape index (κ2) is 5.68. The predicted octanol–water partition coefficient (Wildman–Crippen LogP) is 1.97. The van der Waals surface area contributed by atoms with Gasteiger partial charge in [-0.1, -0.05) is 5.16 Å². The summed E-state index contributed by atoms with van der Waals surface area (Å²) in [5.74, 6) is -0.228. The predicted molar refractivity (Wildman–Crippen MR) is 72.2 cm³/mol. The van der Waals surface area contributed by atoms with Crippen molar-refractivity contribution in [3.8, 4) is 0 Å². The molecule has 1 aliphatic heterocycles. The van der Waals surface area contributed by atoms with E-state index in [0.29, 0.717) is 42.8 Å². The highest BCUT2D eigenvalue weighted by atomic mass is 16.6. The molecule has 1 aliphatic rings. The zero-order chi connectivity index (χ0) is 14.7. The number of carbonyl (C=O) groups excluding carboxylic acids is 1. The number of nitro benzene ring substituents is 1. The summed E-state index contributed by atoms with van der Waals surface area (Å²) in [6, 6.07) is 4.37. The van der Waals surface area contributed by atoms with Gasteiger partial charge >= 0.3 is 0 Å². The van der Waals surface area contributed by atoms with Crippen LogP contribution in [0.5, 0.6) is 0 Å². The fourth-order valence-electron chi connectivity index (χ4n) is 2.24. The summed E-state index contributed by atoms with van der Waals surface area (Å²) in [6.45, 7) is 2.64. The van der Waals surface area contributed by atoms with Crippen molar-refractivity contribution in [2.45, 2.75) is 19.8 Å². The molecule has 0 aromatic heterocycles. The van der Waals surface area contributed by atoms with E-state index in [1.165, 1.54) is 12.1 Å². The van der Waals surface area contributed by atoms with Crippen molar-refractivity contribution in [3.05, 3.63) is 39.4 Å². The lowest BCUT2D eigenvalue weighted by Gasteiger charge is -2.27. The smallest absolute Gasteiger partial charge is 0.270 e. The molecule has 1 heterocycles. The van der Waals surface area contributed by atoms with Crippen molar-refractivity contribution in [2.24, 2.45) is 5.16 Å². The lowest BCUT2D eigenvalue weighted by atomic mass is 10.1. The van der Waals surface area contributed by atoms with Crippen LogP contribution in [0.2, 0.25) is 0 Å². The minimum absolute atomic E-state index is 0.0806. The Morgan fingerprint density at radius 3 is 2.55 bits per heavy atom. The number of carbonyl (C=O) groups is 1. The number of piperidine rings is 1. The molecule has 0 unspecified atom stereocenters. The quantitative estimate of drug-likeness (QED) is 0.507. The molecule has 0 aliphatic carbocycles. The van der Waals surface area contributed by atoms with Crippen LogP contribution in [0.1, 0.15) is 28.8 Å². The van der Waals surface area contributed by atoms with Crippen molar-refractivity contribution >= 4 is 17.3 Å². The number of nitro groups is 1. The van der Waals surface area contributed by atoms with Crippen LogP contribution < -0.4 is 0 Å². The Labute approximate surface area is 115 Å². The van der Waals surface area contributed by atoms with Crippen molar-refractivity contribution in [2.75, 3.05) is 13.1 Å². The Balaban J connectivity index is 2.19. The lowest BCUT2D eigenvalue weighted by molar-refractivity contribution is -0.384. The van der Waals surface area contributed by atoms with Gasteiger partial charge in [0.25, 0.3) is 11.6 Å². The van der Waals surface area contributed by atoms with Crippen LogP contribution in [-0.4, -0.2) is 39.7 Å². The van der Waals surface area contributed by atoms with E-state index in [2.05, 4.69) is 5.16 Å². The molecule has 1 aromatic rings. The molecular formula is C13H15N3O4. The average molecular weight is 277 g/mol. The number of hydrogen-bond donors (Lipinski definition) is 1. The summed E-state index contributed by atoms with van der Waals surface area (Å²) in [5, 5.41) is 22.7. The molecule has 0 spiro atoms. The second-order valence-corrected chi connectivity index (χ2v) is 4.77. The maximum atomic E-state index is 12.3. The normalized spacial score (nSPS) is 15.1. The third kappa shape index (κ3) is 2.93. The molecule has 20 heavy (non-hydrogen) atoms. The molecular weight excluding hydrogens is 262 g/mol. The van der Waals surface area contributed by atoms with E-state index in [9.17, 15) is 14.9 Å². The standard InChI is InChI=1S/C13H15N3O4/c1-9-6-10(8-12(7-9)16(19)20)13(17)15-4-2-11(14-18)3-5-15/h6-8,18H,2-5H2,1H3. The molecule has 0 atom stereocenters. The Morgan fingerprint density at radius 1 is 1.35 bits per heavy atom. The van der Waals surface area contributed by atoms with E-state index < -0.39 is 4.92 Å². The van der Waals surface area contributed by atoms with Gasteiger partial charge in [-0.05, 0) is 18.6 Å². The maximum Gasteiger partial charge on any atom is 0.270 e. The Hall–Kier alpha value is -2.44. The van der Waals surface area contributed by atoms with Crippen LogP contribution >= 0.6 is 0 Å². The van der Waals surface area contributed by atoms with E-state index in [1.54, 1.807) is 17.9 Å². The summed E-state index contributed by atoms with van der Waals surface area (Å²) < 4.78 is 0. The fraction of sp³-hybridized carbons (Fsp3) is 0.385. The van der Waals surface area contributed by atoms with Crippen LogP contribution in [-0.2, 0) is 0 Å². The van der Waals surface area contributed by atoms with Gasteiger partial charge in [0.2, 0.25) is 0 Å². The van der Waals surface area contributed by atoms with Crippen molar-refractivity contribution in [1.82, 2.24) is 4.90 Å². The summed E-state index contributed by atoms with van der Waals surface area (Å²) in [6.07, 6.45) is 1.05. The third-order valence-corrected chi connectivity index (χ3v) is 3.29. The number of oxime groups is 1. The van der Waals surface area contributed by atoms with E-state index in [0.717, 1.165) is 0 Å². The molecule has 2 rings (SSSR count). The summed E-state index contributed by atoms with van der Waals surface area (Å²) >= 11 is 0. The Kier molecular flexibility index (Phi) is 3.97. The van der Waals surface area contributed by atoms with Gasteiger partial charge in [0, 0.05) is 43.6 Å². The molecule has 0 saturated carbocycles. The maximum absolute atomic E-state index is 12.3. The van der Waals surface area contributed by atoms with Crippen molar-refractivity contribution < 1.29 is 14.9 Å². The number of benzene rings is 1. The van der Waals surface area contributed by atoms with Crippen molar-refractivity contribution in [1.29, 1.82) is 0 Å². The largest absolute Gasteiger partial charge is 0.411 e. The first-order chi connectivity index (χ1) is 9.51. The zero-order valence-corrected chi connectivity index (χ0v) is 11.1. The van der Waals surface area contributed by atoms with Gasteiger partial charge < -0.3 is 10.1 Å². The first-order valence-corrected chi connectivity index (χ1v) is 6.26. The lowest BCUT2D eigenvalue weighted by Crippen LogP contribution is -2.38.